The van der Waals surface area contributed by atoms with Gasteiger partial charge in [0.05, 0.1) is 9.40 Å². The van der Waals surface area contributed by atoms with E-state index in [1.54, 1.807) is 17.0 Å². The lowest BCUT2D eigenvalue weighted by Crippen LogP contribution is -2.31. The normalized spacial score (nSPS) is 10.0. The predicted molar refractivity (Wildman–Crippen MR) is 77.2 cm³/mol. The molecule has 0 saturated heterocycles. The molecule has 0 heterocycles. The smallest absolute Gasteiger partial charge is 0.284 e. The number of carbonyl (C=O) groups excluding carboxylic acids is 1. The van der Waals surface area contributed by atoms with Crippen molar-refractivity contribution >= 4 is 27.5 Å². The third-order valence-corrected chi connectivity index (χ3v) is 3.19. The van der Waals surface area contributed by atoms with Crippen LogP contribution in [0.3, 0.4) is 0 Å². The van der Waals surface area contributed by atoms with E-state index in [0.29, 0.717) is 23.1 Å². The van der Waals surface area contributed by atoms with Gasteiger partial charge in [-0.15, -0.1) is 6.58 Å². The third kappa shape index (κ3) is 3.89. The second kappa shape index (κ2) is 7.04. The molecule has 1 rings (SSSR count). The summed E-state index contributed by atoms with van der Waals surface area (Å²) in [5, 5.41) is 10.9. The summed E-state index contributed by atoms with van der Waals surface area (Å²) in [6, 6.07) is 4.38. The molecule has 0 fully saturated rings. The molecule has 0 saturated carbocycles. The number of hydrogen-bond donors (Lipinski definition) is 0. The standard InChI is InChI=1S/C13H15BrN2O3/c1-3-7-15(8-4-2)13(17)10-5-6-11(14)12(9-10)16(18)19/h3,5-6,9H,1,4,7-8H2,2H3. The topological polar surface area (TPSA) is 63.5 Å². The molecule has 0 spiro atoms. The Balaban J connectivity index is 3.07. The van der Waals surface area contributed by atoms with Crippen molar-refractivity contribution in [3.05, 3.63) is 51.0 Å². The van der Waals surface area contributed by atoms with Crippen LogP contribution in [0.15, 0.2) is 35.3 Å². The maximum Gasteiger partial charge on any atom is 0.284 e. The van der Waals surface area contributed by atoms with Crippen LogP contribution in [-0.2, 0) is 0 Å². The number of nitro groups is 1. The van der Waals surface area contributed by atoms with Crippen molar-refractivity contribution in [3.8, 4) is 0 Å². The molecule has 19 heavy (non-hydrogen) atoms. The number of benzene rings is 1. The third-order valence-electron chi connectivity index (χ3n) is 2.52. The summed E-state index contributed by atoms with van der Waals surface area (Å²) in [6.07, 6.45) is 2.46. The molecule has 0 N–H and O–H groups in total. The lowest BCUT2D eigenvalue weighted by Gasteiger charge is -2.20. The van der Waals surface area contributed by atoms with E-state index < -0.39 is 4.92 Å². The van der Waals surface area contributed by atoms with Crippen LogP contribution < -0.4 is 0 Å². The molecule has 5 nitrogen and oxygen atoms in total. The Morgan fingerprint density at radius 1 is 1.58 bits per heavy atom. The molecule has 0 unspecified atom stereocenters. The Morgan fingerprint density at radius 3 is 2.79 bits per heavy atom. The first-order valence-electron chi connectivity index (χ1n) is 5.85. The van der Waals surface area contributed by atoms with Crippen molar-refractivity contribution in [1.29, 1.82) is 0 Å². The van der Waals surface area contributed by atoms with Crippen molar-refractivity contribution < 1.29 is 9.72 Å². The number of rotatable bonds is 6. The number of nitro benzene ring substituents is 1. The van der Waals surface area contributed by atoms with Crippen LogP contribution in [0.4, 0.5) is 5.69 Å². The van der Waals surface area contributed by atoms with Crippen LogP contribution >= 0.6 is 15.9 Å². The minimum Gasteiger partial charge on any atom is -0.335 e. The molecule has 0 aliphatic rings. The summed E-state index contributed by atoms with van der Waals surface area (Å²) >= 11 is 3.10. The fourth-order valence-electron chi connectivity index (χ4n) is 1.67. The second-order valence-electron chi connectivity index (χ2n) is 3.96. The van der Waals surface area contributed by atoms with Gasteiger partial charge in [-0.05, 0) is 34.5 Å². The molecule has 0 aliphatic heterocycles. The Bertz CT molecular complexity index is 503. The fraction of sp³-hybridized carbons (Fsp3) is 0.308. The van der Waals surface area contributed by atoms with Gasteiger partial charge in [-0.25, -0.2) is 0 Å². The largest absolute Gasteiger partial charge is 0.335 e. The van der Waals surface area contributed by atoms with Gasteiger partial charge in [-0.3, -0.25) is 14.9 Å². The zero-order chi connectivity index (χ0) is 14.4. The molecule has 1 aromatic carbocycles. The van der Waals surface area contributed by atoms with Crippen LogP contribution in [0.2, 0.25) is 0 Å². The summed E-state index contributed by atoms with van der Waals surface area (Å²) in [5.41, 5.74) is 0.200. The fourth-order valence-corrected chi connectivity index (χ4v) is 2.06. The maximum atomic E-state index is 12.3. The highest BCUT2D eigenvalue weighted by Gasteiger charge is 2.19. The number of halogens is 1. The van der Waals surface area contributed by atoms with Gasteiger partial charge < -0.3 is 4.90 Å². The molecule has 6 heteroatoms. The van der Waals surface area contributed by atoms with Crippen molar-refractivity contribution in [3.63, 3.8) is 0 Å². The van der Waals surface area contributed by atoms with Crippen molar-refractivity contribution in [2.75, 3.05) is 13.1 Å². The summed E-state index contributed by atoms with van der Waals surface area (Å²) in [4.78, 5) is 24.2. The van der Waals surface area contributed by atoms with Gasteiger partial charge in [-0.2, -0.15) is 0 Å². The molecular weight excluding hydrogens is 312 g/mol. The SMILES string of the molecule is C=CCN(CCC)C(=O)c1ccc(Br)c([N+](=O)[O-])c1. The Hall–Kier alpha value is -1.69. The van der Waals surface area contributed by atoms with Gasteiger partial charge in [-0.1, -0.05) is 13.0 Å². The number of carbonyl (C=O) groups is 1. The average molecular weight is 327 g/mol. The molecule has 102 valence electrons. The predicted octanol–water partition coefficient (Wildman–Crippen LogP) is 3.40. The first kappa shape index (κ1) is 15.4. The molecule has 0 atom stereocenters. The maximum absolute atomic E-state index is 12.3. The summed E-state index contributed by atoms with van der Waals surface area (Å²) in [6.45, 7) is 6.59. The van der Waals surface area contributed by atoms with E-state index in [1.165, 1.54) is 12.1 Å². The van der Waals surface area contributed by atoms with E-state index in [-0.39, 0.29) is 11.6 Å². The molecule has 0 radical (unpaired) electrons. The molecule has 1 aromatic rings. The van der Waals surface area contributed by atoms with Gasteiger partial charge in [0.15, 0.2) is 0 Å². The summed E-state index contributed by atoms with van der Waals surface area (Å²) < 4.78 is 0.361. The highest BCUT2D eigenvalue weighted by molar-refractivity contribution is 9.10. The van der Waals surface area contributed by atoms with Gasteiger partial charge in [0.2, 0.25) is 0 Å². The van der Waals surface area contributed by atoms with Crippen LogP contribution in [0.5, 0.6) is 0 Å². The lowest BCUT2D eigenvalue weighted by molar-refractivity contribution is -0.385. The molecule has 0 aliphatic carbocycles. The Labute approximate surface area is 120 Å². The van der Waals surface area contributed by atoms with E-state index >= 15 is 0 Å². The monoisotopic (exact) mass is 326 g/mol. The zero-order valence-corrected chi connectivity index (χ0v) is 12.2. The van der Waals surface area contributed by atoms with Crippen LogP contribution in [0.1, 0.15) is 23.7 Å². The van der Waals surface area contributed by atoms with E-state index in [4.69, 9.17) is 0 Å². The first-order valence-corrected chi connectivity index (χ1v) is 6.64. The van der Waals surface area contributed by atoms with E-state index in [2.05, 4.69) is 22.5 Å². The van der Waals surface area contributed by atoms with Crippen LogP contribution in [0.25, 0.3) is 0 Å². The summed E-state index contributed by atoms with van der Waals surface area (Å²) in [7, 11) is 0. The van der Waals surface area contributed by atoms with Crippen LogP contribution in [0, 0.1) is 10.1 Å². The minimum atomic E-state index is -0.515. The number of hydrogen-bond acceptors (Lipinski definition) is 3. The van der Waals surface area contributed by atoms with E-state index in [1.807, 2.05) is 6.92 Å². The van der Waals surface area contributed by atoms with Crippen LogP contribution in [-0.4, -0.2) is 28.8 Å². The van der Waals surface area contributed by atoms with E-state index in [0.717, 1.165) is 6.42 Å². The number of nitrogens with zero attached hydrogens (tertiary/aromatic N) is 2. The highest BCUT2D eigenvalue weighted by Crippen LogP contribution is 2.26. The second-order valence-corrected chi connectivity index (χ2v) is 4.82. The van der Waals surface area contributed by atoms with Crippen molar-refractivity contribution in [1.82, 2.24) is 4.90 Å². The van der Waals surface area contributed by atoms with Gasteiger partial charge in [0.1, 0.15) is 0 Å². The zero-order valence-electron chi connectivity index (χ0n) is 10.6. The quantitative estimate of drug-likeness (QED) is 0.457. The molecular formula is C13H15BrN2O3. The summed E-state index contributed by atoms with van der Waals surface area (Å²) in [5.74, 6) is -0.225. The van der Waals surface area contributed by atoms with Gasteiger partial charge in [0, 0.05) is 24.7 Å². The van der Waals surface area contributed by atoms with Crippen molar-refractivity contribution in [2.24, 2.45) is 0 Å². The van der Waals surface area contributed by atoms with E-state index in [9.17, 15) is 14.9 Å². The first-order chi connectivity index (χ1) is 9.01. The van der Waals surface area contributed by atoms with Crippen molar-refractivity contribution in [2.45, 2.75) is 13.3 Å². The van der Waals surface area contributed by atoms with Gasteiger partial charge in [0.25, 0.3) is 11.6 Å². The number of amides is 1. The molecule has 0 bridgehead atoms. The Kier molecular flexibility index (Phi) is 5.69. The van der Waals surface area contributed by atoms with Gasteiger partial charge >= 0.3 is 0 Å². The average Bonchev–Trinajstić information content (AvgIpc) is 2.38. The molecule has 0 aromatic heterocycles. The lowest BCUT2D eigenvalue weighted by atomic mass is 10.1. The minimum absolute atomic E-state index is 0.110. The Morgan fingerprint density at radius 2 is 2.26 bits per heavy atom. The highest BCUT2D eigenvalue weighted by atomic mass is 79.9. The molecule has 1 amide bonds.